The molecule has 28 heavy (non-hydrogen) atoms. The first-order valence-electron chi connectivity index (χ1n) is 9.07. The predicted octanol–water partition coefficient (Wildman–Crippen LogP) is 1.03. The van der Waals surface area contributed by atoms with Gasteiger partial charge in [-0.1, -0.05) is 6.07 Å². The van der Waals surface area contributed by atoms with Crippen LogP contribution >= 0.6 is 0 Å². The number of hydrogen-bond donors (Lipinski definition) is 3. The minimum Gasteiger partial charge on any atom is -0.508 e. The highest BCUT2D eigenvalue weighted by Crippen LogP contribution is 2.17. The Balaban J connectivity index is 1.51. The quantitative estimate of drug-likeness (QED) is 0.647. The third-order valence-electron chi connectivity index (χ3n) is 4.60. The molecule has 9 nitrogen and oxygen atoms in total. The van der Waals surface area contributed by atoms with Crippen molar-refractivity contribution in [3.63, 3.8) is 0 Å². The van der Waals surface area contributed by atoms with E-state index in [-0.39, 0.29) is 12.2 Å². The van der Waals surface area contributed by atoms with Gasteiger partial charge >= 0.3 is 5.97 Å². The van der Waals surface area contributed by atoms with Gasteiger partial charge in [0.05, 0.1) is 5.92 Å². The van der Waals surface area contributed by atoms with E-state index in [4.69, 9.17) is 0 Å². The van der Waals surface area contributed by atoms with Crippen LogP contribution in [0.2, 0.25) is 0 Å². The predicted molar refractivity (Wildman–Crippen MR) is 103 cm³/mol. The molecule has 2 heterocycles. The summed E-state index contributed by atoms with van der Waals surface area (Å²) in [5.41, 5.74) is 0.436. The van der Waals surface area contributed by atoms with Gasteiger partial charge in [-0.25, -0.2) is 9.97 Å². The highest BCUT2D eigenvalue weighted by molar-refractivity contribution is 5.93. The van der Waals surface area contributed by atoms with Gasteiger partial charge in [0.15, 0.2) is 0 Å². The number of carbonyl (C=O) groups is 2. The van der Waals surface area contributed by atoms with Crippen molar-refractivity contribution in [1.29, 1.82) is 0 Å². The van der Waals surface area contributed by atoms with Crippen LogP contribution in [0.4, 0.5) is 11.6 Å². The van der Waals surface area contributed by atoms with Gasteiger partial charge in [0.25, 0.3) is 0 Å². The van der Waals surface area contributed by atoms with Crippen LogP contribution in [0.1, 0.15) is 6.42 Å². The van der Waals surface area contributed by atoms with Gasteiger partial charge in [0.1, 0.15) is 5.75 Å². The van der Waals surface area contributed by atoms with Crippen LogP contribution in [0.15, 0.2) is 42.7 Å². The van der Waals surface area contributed by atoms with Gasteiger partial charge in [-0.2, -0.15) is 0 Å². The first-order valence-corrected chi connectivity index (χ1v) is 9.07. The van der Waals surface area contributed by atoms with Crippen molar-refractivity contribution in [3.8, 4) is 5.75 Å². The third kappa shape index (κ3) is 5.40. The number of anilines is 2. The number of carboxylic acids is 1. The molecule has 1 fully saturated rings. The zero-order valence-corrected chi connectivity index (χ0v) is 15.4. The van der Waals surface area contributed by atoms with Crippen LogP contribution in [0.3, 0.4) is 0 Å². The number of benzene rings is 1. The fourth-order valence-electron chi connectivity index (χ4n) is 3.15. The van der Waals surface area contributed by atoms with E-state index in [1.165, 1.54) is 12.1 Å². The Morgan fingerprint density at radius 2 is 1.82 bits per heavy atom. The summed E-state index contributed by atoms with van der Waals surface area (Å²) in [6, 6.07) is 7.92. The molecule has 9 heteroatoms. The van der Waals surface area contributed by atoms with Crippen molar-refractivity contribution in [2.45, 2.75) is 6.42 Å². The molecule has 1 aliphatic rings. The van der Waals surface area contributed by atoms with Crippen molar-refractivity contribution in [2.24, 2.45) is 5.92 Å². The molecule has 1 aliphatic heterocycles. The number of phenols is 1. The third-order valence-corrected chi connectivity index (χ3v) is 4.60. The second kappa shape index (κ2) is 9.14. The van der Waals surface area contributed by atoms with E-state index in [9.17, 15) is 19.8 Å². The van der Waals surface area contributed by atoms with Gasteiger partial charge in [-0.15, -0.1) is 0 Å². The molecule has 3 rings (SSSR count). The van der Waals surface area contributed by atoms with E-state index >= 15 is 0 Å². The van der Waals surface area contributed by atoms with Crippen molar-refractivity contribution < 1.29 is 19.8 Å². The largest absolute Gasteiger partial charge is 0.508 e. The lowest BCUT2D eigenvalue weighted by Crippen LogP contribution is -2.49. The number of aliphatic carboxylic acids is 1. The van der Waals surface area contributed by atoms with Gasteiger partial charge in [-0.3, -0.25) is 14.5 Å². The lowest BCUT2D eigenvalue weighted by Gasteiger charge is -2.35. The van der Waals surface area contributed by atoms with E-state index in [2.05, 4.69) is 20.2 Å². The highest BCUT2D eigenvalue weighted by atomic mass is 16.4. The lowest BCUT2D eigenvalue weighted by atomic mass is 10.0. The van der Waals surface area contributed by atoms with Crippen LogP contribution in [-0.4, -0.2) is 69.7 Å². The average molecular weight is 385 g/mol. The van der Waals surface area contributed by atoms with Crippen LogP contribution < -0.4 is 10.2 Å². The summed E-state index contributed by atoms with van der Waals surface area (Å²) in [7, 11) is 0. The Bertz CT molecular complexity index is 809. The summed E-state index contributed by atoms with van der Waals surface area (Å²) in [6.45, 7) is 3.05. The molecule has 1 aromatic heterocycles. The SMILES string of the molecule is O=C(CC(CN1CCN(c2ncccn2)CC1)C(=O)O)Nc1cccc(O)c1. The van der Waals surface area contributed by atoms with Gasteiger partial charge in [0, 0.05) is 63.3 Å². The Hall–Kier alpha value is -3.20. The molecule has 1 amide bonds. The zero-order chi connectivity index (χ0) is 19.9. The second-order valence-corrected chi connectivity index (χ2v) is 6.67. The topological polar surface area (TPSA) is 119 Å². The zero-order valence-electron chi connectivity index (χ0n) is 15.4. The Labute approximate surface area is 162 Å². The maximum Gasteiger partial charge on any atom is 0.308 e. The number of rotatable bonds is 7. The molecule has 3 N–H and O–H groups in total. The van der Waals surface area contributed by atoms with E-state index < -0.39 is 17.8 Å². The van der Waals surface area contributed by atoms with Gasteiger partial charge < -0.3 is 20.4 Å². The molecule has 0 radical (unpaired) electrons. The second-order valence-electron chi connectivity index (χ2n) is 6.67. The average Bonchev–Trinajstić information content (AvgIpc) is 2.68. The normalized spacial score (nSPS) is 15.8. The number of carbonyl (C=O) groups excluding carboxylic acids is 1. The minimum atomic E-state index is -1.00. The number of phenolic OH excluding ortho intramolecular Hbond substituents is 1. The summed E-state index contributed by atoms with van der Waals surface area (Å²) >= 11 is 0. The molecule has 1 aromatic carbocycles. The van der Waals surface area contributed by atoms with Crippen LogP contribution in [0.5, 0.6) is 5.75 Å². The fourth-order valence-corrected chi connectivity index (χ4v) is 3.15. The standard InChI is InChI=1S/C19H23N5O4/c25-16-4-1-3-15(12-16)22-17(26)11-14(18(27)28)13-23-7-9-24(10-8-23)19-20-5-2-6-21-19/h1-6,12,14,25H,7-11,13H2,(H,22,26)(H,27,28). The summed E-state index contributed by atoms with van der Waals surface area (Å²) < 4.78 is 0. The van der Waals surface area contributed by atoms with Crippen molar-refractivity contribution in [1.82, 2.24) is 14.9 Å². The van der Waals surface area contributed by atoms with Gasteiger partial charge in [0.2, 0.25) is 11.9 Å². The Morgan fingerprint density at radius 1 is 1.11 bits per heavy atom. The summed E-state index contributed by atoms with van der Waals surface area (Å²) in [5, 5.41) is 21.6. The smallest absolute Gasteiger partial charge is 0.308 e. The van der Waals surface area contributed by atoms with E-state index in [1.54, 1.807) is 30.6 Å². The lowest BCUT2D eigenvalue weighted by molar-refractivity contribution is -0.144. The number of nitrogens with zero attached hydrogens (tertiary/aromatic N) is 4. The molecule has 0 aliphatic carbocycles. The van der Waals surface area contributed by atoms with E-state index in [1.807, 2.05) is 4.90 Å². The molecule has 2 aromatic rings. The van der Waals surface area contributed by atoms with Crippen molar-refractivity contribution >= 4 is 23.5 Å². The van der Waals surface area contributed by atoms with Crippen molar-refractivity contribution in [3.05, 3.63) is 42.7 Å². The number of carboxylic acid groups (broad SMARTS) is 1. The van der Waals surface area contributed by atoms with Crippen molar-refractivity contribution in [2.75, 3.05) is 42.9 Å². The number of aromatic nitrogens is 2. The number of aromatic hydroxyl groups is 1. The Morgan fingerprint density at radius 3 is 2.46 bits per heavy atom. The summed E-state index contributed by atoms with van der Waals surface area (Å²) in [6.07, 6.45) is 3.26. The molecule has 0 bridgehead atoms. The van der Waals surface area contributed by atoms with Crippen LogP contribution in [-0.2, 0) is 9.59 Å². The van der Waals surface area contributed by atoms with Gasteiger partial charge in [-0.05, 0) is 18.2 Å². The monoisotopic (exact) mass is 385 g/mol. The summed E-state index contributed by atoms with van der Waals surface area (Å²) in [5.74, 6) is -1.50. The number of hydrogen-bond acceptors (Lipinski definition) is 7. The van der Waals surface area contributed by atoms with E-state index in [0.717, 1.165) is 0 Å². The maximum atomic E-state index is 12.2. The fraction of sp³-hybridized carbons (Fsp3) is 0.368. The van der Waals surface area contributed by atoms with Crippen LogP contribution in [0, 0.1) is 5.92 Å². The molecule has 1 unspecified atom stereocenters. The minimum absolute atomic E-state index is 0.0350. The van der Waals surface area contributed by atoms with E-state index in [0.29, 0.717) is 44.4 Å². The number of nitrogens with one attached hydrogen (secondary N) is 1. The molecule has 0 spiro atoms. The molecule has 1 atom stereocenters. The first kappa shape index (κ1) is 19.6. The highest BCUT2D eigenvalue weighted by Gasteiger charge is 2.27. The maximum absolute atomic E-state index is 12.2. The van der Waals surface area contributed by atoms with Crippen LogP contribution in [0.25, 0.3) is 0 Å². The Kier molecular flexibility index (Phi) is 6.38. The first-order chi connectivity index (χ1) is 13.5. The number of piperazine rings is 1. The molecule has 0 saturated carbocycles. The number of amides is 1. The molecule has 1 saturated heterocycles. The summed E-state index contributed by atoms with van der Waals surface area (Å²) in [4.78, 5) is 36.4. The molecular weight excluding hydrogens is 362 g/mol. The molecule has 148 valence electrons. The molecular formula is C19H23N5O4.